The van der Waals surface area contributed by atoms with Crippen molar-refractivity contribution in [2.45, 2.75) is 24.8 Å². The van der Waals surface area contributed by atoms with E-state index in [2.05, 4.69) is 4.90 Å². The van der Waals surface area contributed by atoms with Crippen molar-refractivity contribution in [1.82, 2.24) is 23.3 Å². The van der Waals surface area contributed by atoms with Gasteiger partial charge in [0.25, 0.3) is 15.6 Å². The Morgan fingerprint density at radius 3 is 2.37 bits per heavy atom. The summed E-state index contributed by atoms with van der Waals surface area (Å²) >= 11 is 0. The minimum Gasteiger partial charge on any atom is -0.492 e. The number of likely N-dealkylation sites (N-methyl/N-ethyl adjacent to an activating group) is 1. The van der Waals surface area contributed by atoms with Crippen LogP contribution in [0.25, 0.3) is 44.2 Å². The number of ether oxygens (including phenoxy) is 1. The minimum absolute atomic E-state index is 0.102. The van der Waals surface area contributed by atoms with Crippen molar-refractivity contribution in [1.29, 1.82) is 0 Å². The summed E-state index contributed by atoms with van der Waals surface area (Å²) in [4.78, 5) is 34.5. The molecular weight excluding hydrogens is 639 g/mol. The first-order chi connectivity index (χ1) is 23.5. The van der Waals surface area contributed by atoms with Gasteiger partial charge in [-0.3, -0.25) is 14.5 Å². The Labute approximate surface area is 284 Å². The largest absolute Gasteiger partial charge is 0.492 e. The minimum atomic E-state index is -3.99. The van der Waals surface area contributed by atoms with Crippen molar-refractivity contribution in [3.8, 4) is 28.1 Å². The number of rotatable bonds is 8. The lowest BCUT2D eigenvalue weighted by molar-refractivity contribution is -0.139. The summed E-state index contributed by atoms with van der Waals surface area (Å²) in [7, 11) is -0.522. The van der Waals surface area contributed by atoms with Crippen LogP contribution in [-0.2, 0) is 21.9 Å². The van der Waals surface area contributed by atoms with Crippen LogP contribution in [0, 0.1) is 6.92 Å². The fourth-order valence-corrected chi connectivity index (χ4v) is 7.75. The van der Waals surface area contributed by atoms with Gasteiger partial charge in [0.1, 0.15) is 17.9 Å². The molecule has 3 aromatic heterocycles. The van der Waals surface area contributed by atoms with Crippen LogP contribution in [0.1, 0.15) is 12.5 Å². The molecule has 10 nitrogen and oxygen atoms in total. The molecule has 1 atom stereocenters. The highest BCUT2D eigenvalue weighted by atomic mass is 32.2. The van der Waals surface area contributed by atoms with Crippen LogP contribution in [0.15, 0.2) is 107 Å². The first kappa shape index (κ1) is 32.3. The van der Waals surface area contributed by atoms with Gasteiger partial charge in [-0.1, -0.05) is 29.8 Å². The fourth-order valence-electron chi connectivity index (χ4n) is 6.40. The number of benzene rings is 3. The molecule has 0 bridgehead atoms. The molecule has 1 fully saturated rings. The van der Waals surface area contributed by atoms with E-state index in [0.717, 1.165) is 61.7 Å². The van der Waals surface area contributed by atoms with Gasteiger partial charge in [-0.15, -0.1) is 0 Å². The topological polar surface area (TPSA) is 107 Å². The molecule has 0 aliphatic carbocycles. The Morgan fingerprint density at radius 1 is 0.878 bits per heavy atom. The standard InChI is InChI=1S/C38H37N5O5S/c1-25-5-13-31(14-6-25)49(46,47)43-18-17-32-33(24-41(4)38(45)36(32)43)28-9-15-35-29(23-28)10-16-34(39-35)27-7-11-30(12-8-27)48-22-21-42-20-19-40(3)37(44)26(42)2/h5-18,23-24,26H,19-22H2,1-4H3/t26-/m1/s1. The van der Waals surface area contributed by atoms with Gasteiger partial charge in [0.15, 0.2) is 0 Å². The van der Waals surface area contributed by atoms with E-state index in [0.29, 0.717) is 18.5 Å². The average molecular weight is 676 g/mol. The Balaban J connectivity index is 1.12. The van der Waals surface area contributed by atoms with E-state index in [-0.39, 0.29) is 22.4 Å². The molecule has 0 N–H and O–H groups in total. The zero-order valence-corrected chi connectivity index (χ0v) is 28.6. The summed E-state index contributed by atoms with van der Waals surface area (Å²) in [5, 5.41) is 1.46. The summed E-state index contributed by atoms with van der Waals surface area (Å²) in [6.45, 7) is 6.56. The number of pyridine rings is 2. The molecule has 250 valence electrons. The highest BCUT2D eigenvalue weighted by Crippen LogP contribution is 2.32. The predicted molar refractivity (Wildman–Crippen MR) is 191 cm³/mol. The third-order valence-electron chi connectivity index (χ3n) is 9.37. The third kappa shape index (κ3) is 6.00. The maximum absolute atomic E-state index is 13.6. The quantitative estimate of drug-likeness (QED) is 0.215. The zero-order valence-electron chi connectivity index (χ0n) is 27.8. The number of hydrogen-bond donors (Lipinski definition) is 0. The molecule has 11 heteroatoms. The van der Waals surface area contributed by atoms with Gasteiger partial charge in [-0.2, -0.15) is 0 Å². The van der Waals surface area contributed by atoms with Crippen LogP contribution in [0.5, 0.6) is 5.75 Å². The maximum atomic E-state index is 13.6. The second-order valence-electron chi connectivity index (χ2n) is 12.6. The van der Waals surface area contributed by atoms with Crippen molar-refractivity contribution < 1.29 is 17.9 Å². The summed E-state index contributed by atoms with van der Waals surface area (Å²) in [6.07, 6.45) is 3.19. The Bertz CT molecular complexity index is 2380. The van der Waals surface area contributed by atoms with Gasteiger partial charge in [-0.25, -0.2) is 17.4 Å². The average Bonchev–Trinajstić information content (AvgIpc) is 3.57. The van der Waals surface area contributed by atoms with Gasteiger partial charge in [-0.05, 0) is 80.1 Å². The van der Waals surface area contributed by atoms with E-state index >= 15 is 0 Å². The zero-order chi connectivity index (χ0) is 34.4. The number of carbonyl (C=O) groups excluding carboxylic acids is 1. The smallest absolute Gasteiger partial charge is 0.275 e. The molecule has 1 aliphatic heterocycles. The highest BCUT2D eigenvalue weighted by molar-refractivity contribution is 7.90. The van der Waals surface area contributed by atoms with Crippen LogP contribution >= 0.6 is 0 Å². The van der Waals surface area contributed by atoms with E-state index in [1.807, 2.05) is 75.5 Å². The van der Waals surface area contributed by atoms with Crippen molar-refractivity contribution in [3.63, 3.8) is 0 Å². The second-order valence-corrected chi connectivity index (χ2v) is 14.4. The first-order valence-electron chi connectivity index (χ1n) is 16.2. The first-order valence-corrected chi connectivity index (χ1v) is 17.6. The van der Waals surface area contributed by atoms with Crippen LogP contribution in [0.2, 0.25) is 0 Å². The molecule has 7 rings (SSSR count). The number of hydrogen-bond acceptors (Lipinski definition) is 7. The molecular formula is C38H37N5O5S. The predicted octanol–water partition coefficient (Wildman–Crippen LogP) is 5.31. The van der Waals surface area contributed by atoms with Gasteiger partial charge in [0.05, 0.1) is 22.1 Å². The number of carbonyl (C=O) groups is 1. The molecule has 1 aliphatic rings. The lowest BCUT2D eigenvalue weighted by Crippen LogP contribution is -2.55. The molecule has 3 aromatic carbocycles. The Kier molecular flexibility index (Phi) is 8.33. The lowest BCUT2D eigenvalue weighted by Gasteiger charge is -2.37. The Morgan fingerprint density at radius 2 is 1.61 bits per heavy atom. The molecule has 49 heavy (non-hydrogen) atoms. The molecule has 4 heterocycles. The molecule has 0 unspecified atom stereocenters. The Hall–Kier alpha value is -5.26. The van der Waals surface area contributed by atoms with Crippen LogP contribution < -0.4 is 10.3 Å². The summed E-state index contributed by atoms with van der Waals surface area (Å²) < 4.78 is 35.7. The molecule has 0 radical (unpaired) electrons. The van der Waals surface area contributed by atoms with Crippen molar-refractivity contribution >= 4 is 37.7 Å². The molecule has 6 aromatic rings. The fraction of sp³-hybridized carbons (Fsp3) is 0.237. The normalized spacial score (nSPS) is 15.7. The highest BCUT2D eigenvalue weighted by Gasteiger charge is 2.29. The summed E-state index contributed by atoms with van der Waals surface area (Å²) in [5.74, 6) is 0.896. The third-order valence-corrected chi connectivity index (χ3v) is 11.1. The van der Waals surface area contributed by atoms with Crippen LogP contribution in [0.3, 0.4) is 0 Å². The number of nitrogens with zero attached hydrogens (tertiary/aromatic N) is 5. The number of fused-ring (bicyclic) bond motifs is 2. The van der Waals surface area contributed by atoms with E-state index in [4.69, 9.17) is 9.72 Å². The van der Waals surface area contributed by atoms with E-state index in [1.165, 1.54) is 10.8 Å². The lowest BCUT2D eigenvalue weighted by atomic mass is 10.0. The van der Waals surface area contributed by atoms with Gasteiger partial charge < -0.3 is 14.2 Å². The van der Waals surface area contributed by atoms with Gasteiger partial charge in [0, 0.05) is 68.0 Å². The van der Waals surface area contributed by atoms with Crippen molar-refractivity contribution in [2.24, 2.45) is 7.05 Å². The molecule has 0 spiro atoms. The number of amides is 1. The van der Waals surface area contributed by atoms with E-state index < -0.39 is 15.6 Å². The monoisotopic (exact) mass is 675 g/mol. The van der Waals surface area contributed by atoms with Crippen LogP contribution in [-0.4, -0.2) is 77.0 Å². The summed E-state index contributed by atoms with van der Waals surface area (Å²) in [5.41, 5.74) is 4.80. The summed E-state index contributed by atoms with van der Waals surface area (Å²) in [6, 6.07) is 25.8. The molecule has 0 saturated carbocycles. The van der Waals surface area contributed by atoms with Crippen molar-refractivity contribution in [3.05, 3.63) is 113 Å². The number of aromatic nitrogens is 3. The van der Waals surface area contributed by atoms with E-state index in [1.54, 1.807) is 48.5 Å². The van der Waals surface area contributed by atoms with E-state index in [9.17, 15) is 18.0 Å². The van der Waals surface area contributed by atoms with Gasteiger partial charge in [0.2, 0.25) is 5.91 Å². The second kappa shape index (κ2) is 12.6. The van der Waals surface area contributed by atoms with Crippen molar-refractivity contribution in [2.75, 3.05) is 33.3 Å². The van der Waals surface area contributed by atoms with Gasteiger partial charge >= 0.3 is 0 Å². The van der Waals surface area contributed by atoms with Crippen LogP contribution in [0.4, 0.5) is 0 Å². The number of piperazine rings is 1. The SMILES string of the molecule is Cc1ccc(S(=O)(=O)n2ccc3c(-c4ccc5nc(-c6ccc(OCCN7CCN(C)C(=O)[C@H]7C)cc6)ccc5c4)cn(C)c(=O)c32)cc1. The maximum Gasteiger partial charge on any atom is 0.275 e. The molecule has 1 saturated heterocycles. The molecule has 1 amide bonds. The number of aryl methyl sites for hydroxylation is 2.